The van der Waals surface area contributed by atoms with Gasteiger partial charge in [0, 0.05) is 37.1 Å². The molecule has 0 spiro atoms. The van der Waals surface area contributed by atoms with Crippen molar-refractivity contribution < 1.29 is 30.8 Å². The Bertz CT molecular complexity index is 1130. The third-order valence-electron chi connectivity index (χ3n) is 5.84. The highest BCUT2D eigenvalue weighted by molar-refractivity contribution is 7.89. The number of hydrogen-bond acceptors (Lipinski definition) is 3. The molecular weight excluding hydrogens is 472 g/mol. The molecule has 5 nitrogen and oxygen atoms in total. The Balaban J connectivity index is 1.37. The molecule has 172 valence electrons. The highest BCUT2D eigenvalue weighted by Gasteiger charge is 2.46. The van der Waals surface area contributed by atoms with E-state index in [0.29, 0.717) is 12.0 Å². The van der Waals surface area contributed by atoms with Gasteiger partial charge in [-0.15, -0.1) is 0 Å². The second kappa shape index (κ2) is 8.31. The summed E-state index contributed by atoms with van der Waals surface area (Å²) in [6.45, 7) is 0.322. The van der Waals surface area contributed by atoms with Gasteiger partial charge in [-0.25, -0.2) is 12.8 Å². The van der Waals surface area contributed by atoms with Crippen LogP contribution in [0.1, 0.15) is 23.5 Å². The van der Waals surface area contributed by atoms with Gasteiger partial charge in [0.05, 0.1) is 5.56 Å². The van der Waals surface area contributed by atoms with Gasteiger partial charge >= 0.3 is 6.18 Å². The molecule has 1 unspecified atom stereocenters. The van der Waals surface area contributed by atoms with Gasteiger partial charge in [0.1, 0.15) is 10.7 Å². The average Bonchev–Trinajstić information content (AvgIpc) is 3.55. The van der Waals surface area contributed by atoms with Crippen LogP contribution in [-0.4, -0.2) is 49.7 Å². The number of halogens is 5. The predicted molar refractivity (Wildman–Crippen MR) is 109 cm³/mol. The van der Waals surface area contributed by atoms with E-state index in [4.69, 9.17) is 11.6 Å². The second-order valence-corrected chi connectivity index (χ2v) is 10.2. The van der Waals surface area contributed by atoms with Gasteiger partial charge in [-0.2, -0.15) is 17.5 Å². The molecule has 2 aromatic rings. The number of alkyl halides is 3. The molecule has 0 radical (unpaired) electrons. The zero-order valence-electron chi connectivity index (χ0n) is 16.6. The van der Waals surface area contributed by atoms with Crippen molar-refractivity contribution in [3.05, 3.63) is 64.4 Å². The quantitative estimate of drug-likeness (QED) is 0.605. The van der Waals surface area contributed by atoms with Crippen LogP contribution in [-0.2, 0) is 21.0 Å². The Labute approximate surface area is 187 Å². The Hall–Kier alpha value is -2.17. The van der Waals surface area contributed by atoms with Crippen LogP contribution >= 0.6 is 11.6 Å². The molecule has 1 saturated carbocycles. The van der Waals surface area contributed by atoms with E-state index in [2.05, 4.69) is 0 Å². The Kier molecular flexibility index (Phi) is 5.98. The Morgan fingerprint density at radius 2 is 1.62 bits per heavy atom. The number of hydrogen-bond donors (Lipinski definition) is 0. The summed E-state index contributed by atoms with van der Waals surface area (Å²) in [6.07, 6.45) is -3.87. The maximum absolute atomic E-state index is 14.0. The van der Waals surface area contributed by atoms with Gasteiger partial charge < -0.3 is 4.90 Å². The van der Waals surface area contributed by atoms with Crippen LogP contribution in [0.15, 0.2) is 47.4 Å². The zero-order valence-corrected chi connectivity index (χ0v) is 18.2. The van der Waals surface area contributed by atoms with E-state index in [9.17, 15) is 30.8 Å². The summed E-state index contributed by atoms with van der Waals surface area (Å²) in [5, 5.41) is 0.0989. The molecule has 0 aromatic heterocycles. The number of piperazine rings is 1. The van der Waals surface area contributed by atoms with E-state index in [1.807, 2.05) is 0 Å². The highest BCUT2D eigenvalue weighted by Crippen LogP contribution is 2.49. The molecule has 11 heteroatoms. The van der Waals surface area contributed by atoms with Gasteiger partial charge in [0.25, 0.3) is 0 Å². The van der Waals surface area contributed by atoms with Crippen LogP contribution in [0.5, 0.6) is 0 Å². The van der Waals surface area contributed by atoms with Crippen molar-refractivity contribution in [1.29, 1.82) is 0 Å². The first kappa shape index (κ1) is 23.0. The molecule has 4 rings (SSSR count). The molecule has 1 amide bonds. The minimum atomic E-state index is -4.41. The SMILES string of the molecule is O=C(C1C[C@H]1c1ccc(C(F)(F)F)cc1)N1CCN(S(=O)(=O)c2cc(Cl)ccc2F)CC1. The number of amides is 1. The number of nitrogens with zero attached hydrogens (tertiary/aromatic N) is 2. The molecule has 1 aliphatic heterocycles. The van der Waals surface area contributed by atoms with E-state index in [0.717, 1.165) is 28.6 Å². The van der Waals surface area contributed by atoms with Crippen molar-refractivity contribution in [1.82, 2.24) is 9.21 Å². The first-order valence-electron chi connectivity index (χ1n) is 9.89. The lowest BCUT2D eigenvalue weighted by molar-refractivity contribution is -0.137. The molecule has 32 heavy (non-hydrogen) atoms. The minimum absolute atomic E-state index is 0.0116. The van der Waals surface area contributed by atoms with Gasteiger partial charge in [0.15, 0.2) is 0 Å². The number of carbonyl (C=O) groups is 1. The van der Waals surface area contributed by atoms with Gasteiger partial charge in [-0.1, -0.05) is 23.7 Å². The third-order valence-corrected chi connectivity index (χ3v) is 7.98. The lowest BCUT2D eigenvalue weighted by atomic mass is 10.1. The molecule has 2 aromatic carbocycles. The molecule has 1 saturated heterocycles. The molecule has 1 heterocycles. The maximum Gasteiger partial charge on any atom is 0.416 e. The second-order valence-electron chi connectivity index (χ2n) is 7.87. The largest absolute Gasteiger partial charge is 0.416 e. The van der Waals surface area contributed by atoms with E-state index >= 15 is 0 Å². The first-order chi connectivity index (χ1) is 15.0. The van der Waals surface area contributed by atoms with Crippen molar-refractivity contribution in [2.24, 2.45) is 5.92 Å². The topological polar surface area (TPSA) is 57.7 Å². The maximum atomic E-state index is 14.0. The molecule has 2 atom stereocenters. The van der Waals surface area contributed by atoms with Crippen molar-refractivity contribution in [3.63, 3.8) is 0 Å². The van der Waals surface area contributed by atoms with E-state index < -0.39 is 32.5 Å². The lowest BCUT2D eigenvalue weighted by Crippen LogP contribution is -2.51. The smallest absolute Gasteiger partial charge is 0.340 e. The van der Waals surface area contributed by atoms with Crippen LogP contribution < -0.4 is 0 Å². The standard InChI is InChI=1S/C21H19ClF4N2O3S/c22-15-5-6-18(23)19(11-15)32(30,31)28-9-7-27(8-10-28)20(29)17-12-16(17)13-1-3-14(4-2-13)21(24,25)26/h1-6,11,16-17H,7-10,12H2/t16-,17?/m0/s1. The summed E-state index contributed by atoms with van der Waals surface area (Å²) >= 11 is 5.81. The number of benzene rings is 2. The number of carbonyl (C=O) groups excluding carboxylic acids is 1. The van der Waals surface area contributed by atoms with Crippen molar-refractivity contribution >= 4 is 27.5 Å². The molecule has 2 aliphatic rings. The van der Waals surface area contributed by atoms with Crippen LogP contribution in [0.25, 0.3) is 0 Å². The predicted octanol–water partition coefficient (Wildman–Crippen LogP) is 4.13. The van der Waals surface area contributed by atoms with Gasteiger partial charge in [-0.05, 0) is 48.2 Å². The van der Waals surface area contributed by atoms with E-state index in [1.54, 1.807) is 4.90 Å². The molecule has 0 N–H and O–H groups in total. The van der Waals surface area contributed by atoms with Crippen molar-refractivity contribution in [2.75, 3.05) is 26.2 Å². The van der Waals surface area contributed by atoms with E-state index in [1.165, 1.54) is 18.2 Å². The Morgan fingerprint density at radius 1 is 1.00 bits per heavy atom. The fourth-order valence-corrected chi connectivity index (χ4v) is 5.70. The average molecular weight is 491 g/mol. The lowest BCUT2D eigenvalue weighted by Gasteiger charge is -2.34. The monoisotopic (exact) mass is 490 g/mol. The first-order valence-corrected chi connectivity index (χ1v) is 11.7. The van der Waals surface area contributed by atoms with Crippen LogP contribution in [0.2, 0.25) is 5.02 Å². The summed E-state index contributed by atoms with van der Waals surface area (Å²) < 4.78 is 78.8. The summed E-state index contributed by atoms with van der Waals surface area (Å²) in [5.41, 5.74) is -0.0627. The highest BCUT2D eigenvalue weighted by atomic mass is 35.5. The summed E-state index contributed by atoms with van der Waals surface area (Å²) in [5.74, 6) is -1.53. The minimum Gasteiger partial charge on any atom is -0.340 e. The normalized spacial score (nSPS) is 22.1. The van der Waals surface area contributed by atoms with Crippen molar-refractivity contribution in [3.8, 4) is 0 Å². The third kappa shape index (κ3) is 4.49. The van der Waals surface area contributed by atoms with E-state index in [-0.39, 0.29) is 48.9 Å². The fourth-order valence-electron chi connectivity index (χ4n) is 3.95. The van der Waals surface area contributed by atoms with Crippen LogP contribution in [0.4, 0.5) is 17.6 Å². The summed E-state index contributed by atoms with van der Waals surface area (Å²) in [7, 11) is -4.09. The molecule has 0 bridgehead atoms. The van der Waals surface area contributed by atoms with Crippen LogP contribution in [0, 0.1) is 11.7 Å². The van der Waals surface area contributed by atoms with Crippen LogP contribution in [0.3, 0.4) is 0 Å². The summed E-state index contributed by atoms with van der Waals surface area (Å²) in [4.78, 5) is 13.8. The number of sulfonamides is 1. The molecular formula is C21H19ClF4N2O3S. The molecule has 1 aliphatic carbocycles. The Morgan fingerprint density at radius 3 is 2.22 bits per heavy atom. The number of rotatable bonds is 4. The molecule has 2 fully saturated rings. The fraction of sp³-hybridized carbons (Fsp3) is 0.381. The zero-order chi connectivity index (χ0) is 23.3. The van der Waals surface area contributed by atoms with Gasteiger partial charge in [0.2, 0.25) is 15.9 Å². The van der Waals surface area contributed by atoms with Gasteiger partial charge in [-0.3, -0.25) is 4.79 Å². The van der Waals surface area contributed by atoms with Crippen molar-refractivity contribution in [2.45, 2.75) is 23.4 Å². The summed E-state index contributed by atoms with van der Waals surface area (Å²) in [6, 6.07) is 8.11.